The zero-order chi connectivity index (χ0) is 11.0. The second-order valence-electron chi connectivity index (χ2n) is 2.01. The molecule has 0 aliphatic carbocycles. The van der Waals surface area contributed by atoms with Crippen LogP contribution in [-0.4, -0.2) is 34.9 Å². The van der Waals surface area contributed by atoms with Crippen molar-refractivity contribution < 1.29 is 30.1 Å². The molecule has 0 aromatic heterocycles. The molecule has 0 spiro atoms. The van der Waals surface area contributed by atoms with Gasteiger partial charge >= 0.3 is 21.8 Å². The van der Waals surface area contributed by atoms with Crippen molar-refractivity contribution in [3.63, 3.8) is 0 Å². The molecule has 7 nitrogen and oxygen atoms in total. The van der Waals surface area contributed by atoms with Gasteiger partial charge in [-0.15, -0.1) is 0 Å². The average molecular weight is 246 g/mol. The molecule has 1 atom stereocenters. The zero-order valence-electron chi connectivity index (χ0n) is 7.03. The minimum absolute atomic E-state index is 0.0605. The first-order valence-corrected chi connectivity index (χ1v) is 5.82. The SMILES string of the molecule is O=S(O)OC/C=C/CCOS(=O)(=O)O. The predicted octanol–water partition coefficient (Wildman–Crippen LogP) is -0.0946. The third-order valence-corrected chi connectivity index (χ3v) is 1.75. The van der Waals surface area contributed by atoms with Crippen LogP contribution in [0.4, 0.5) is 0 Å². The van der Waals surface area contributed by atoms with Crippen LogP contribution in [0.5, 0.6) is 0 Å². The molecule has 9 heteroatoms. The van der Waals surface area contributed by atoms with Gasteiger partial charge in [0, 0.05) is 0 Å². The lowest BCUT2D eigenvalue weighted by Crippen LogP contribution is -2.04. The highest BCUT2D eigenvalue weighted by Crippen LogP contribution is 1.91. The molecule has 0 bridgehead atoms. The summed E-state index contributed by atoms with van der Waals surface area (Å²) >= 11 is -2.31. The van der Waals surface area contributed by atoms with Crippen molar-refractivity contribution >= 4 is 21.8 Å². The van der Waals surface area contributed by atoms with Crippen LogP contribution in [0.25, 0.3) is 0 Å². The van der Waals surface area contributed by atoms with Gasteiger partial charge in [0.05, 0.1) is 13.2 Å². The maximum Gasteiger partial charge on any atom is 0.397 e. The lowest BCUT2D eigenvalue weighted by atomic mass is 10.4. The van der Waals surface area contributed by atoms with Crippen LogP contribution in [-0.2, 0) is 30.1 Å². The summed E-state index contributed by atoms with van der Waals surface area (Å²) in [7, 11) is -4.38. The smallest absolute Gasteiger partial charge is 0.284 e. The van der Waals surface area contributed by atoms with Gasteiger partial charge in [0.25, 0.3) is 0 Å². The van der Waals surface area contributed by atoms with Gasteiger partial charge in [-0.3, -0.25) is 13.3 Å². The minimum Gasteiger partial charge on any atom is -0.284 e. The van der Waals surface area contributed by atoms with Crippen LogP contribution in [0.3, 0.4) is 0 Å². The van der Waals surface area contributed by atoms with E-state index in [1.54, 1.807) is 0 Å². The van der Waals surface area contributed by atoms with E-state index in [1.807, 2.05) is 0 Å². The largest absolute Gasteiger partial charge is 0.397 e. The second-order valence-corrected chi connectivity index (χ2v) is 3.77. The van der Waals surface area contributed by atoms with E-state index in [9.17, 15) is 12.6 Å². The topological polar surface area (TPSA) is 110 Å². The predicted molar refractivity (Wildman–Crippen MR) is 48.0 cm³/mol. The van der Waals surface area contributed by atoms with E-state index in [2.05, 4.69) is 8.37 Å². The van der Waals surface area contributed by atoms with Crippen molar-refractivity contribution in [2.45, 2.75) is 6.42 Å². The molecule has 0 fully saturated rings. The van der Waals surface area contributed by atoms with Crippen molar-refractivity contribution in [2.24, 2.45) is 0 Å². The normalized spacial score (nSPS) is 14.7. The van der Waals surface area contributed by atoms with Crippen molar-refractivity contribution in [3.8, 4) is 0 Å². The maximum absolute atomic E-state index is 10.0. The molecule has 2 N–H and O–H groups in total. The van der Waals surface area contributed by atoms with Crippen LogP contribution in [0.1, 0.15) is 6.42 Å². The molecule has 84 valence electrons. The van der Waals surface area contributed by atoms with Gasteiger partial charge in [0.2, 0.25) is 0 Å². The van der Waals surface area contributed by atoms with E-state index in [4.69, 9.17) is 9.11 Å². The molecule has 1 unspecified atom stereocenters. The van der Waals surface area contributed by atoms with Gasteiger partial charge in [0.15, 0.2) is 0 Å². The first-order chi connectivity index (χ1) is 6.42. The summed E-state index contributed by atoms with van der Waals surface area (Å²) in [5.41, 5.74) is 0. The Balaban J connectivity index is 3.41. The number of hydrogen-bond acceptors (Lipinski definition) is 5. The molecular formula is C5H10O7S2. The quantitative estimate of drug-likeness (QED) is 0.279. The van der Waals surface area contributed by atoms with E-state index in [1.165, 1.54) is 12.2 Å². The summed E-state index contributed by atoms with van der Waals surface area (Å²) < 4.78 is 54.4. The zero-order valence-corrected chi connectivity index (χ0v) is 8.66. The first-order valence-electron chi connectivity index (χ1n) is 3.43. The lowest BCUT2D eigenvalue weighted by Gasteiger charge is -1.95. The summed E-state index contributed by atoms with van der Waals surface area (Å²) in [6.07, 6.45) is 3.14. The molecule has 0 aromatic rings. The minimum atomic E-state index is -4.38. The highest BCUT2D eigenvalue weighted by molar-refractivity contribution is 7.80. The van der Waals surface area contributed by atoms with Crippen LogP contribution in [0.15, 0.2) is 12.2 Å². The number of rotatable bonds is 7. The first kappa shape index (κ1) is 13.7. The molecular weight excluding hydrogens is 236 g/mol. The molecule has 0 heterocycles. The summed E-state index contributed by atoms with van der Waals surface area (Å²) in [6, 6.07) is 0. The molecule has 0 aliphatic heterocycles. The summed E-state index contributed by atoms with van der Waals surface area (Å²) in [6.45, 7) is -0.257. The Morgan fingerprint density at radius 2 is 2.00 bits per heavy atom. The Hall–Kier alpha value is -0.320. The second kappa shape index (κ2) is 7.04. The molecule has 0 saturated carbocycles. The van der Waals surface area contributed by atoms with Crippen molar-refractivity contribution in [1.29, 1.82) is 0 Å². The Kier molecular flexibility index (Phi) is 6.87. The summed E-state index contributed by atoms with van der Waals surface area (Å²) in [5.74, 6) is 0. The van der Waals surface area contributed by atoms with Crippen molar-refractivity contribution in [2.75, 3.05) is 13.2 Å². The standard InChI is InChI=1S/C5H10O7S2/c6-13(7)11-4-2-1-3-5-12-14(8,9)10/h1-2H,3-5H2,(H,6,7)(H,8,9,10)/b2-1+. The average Bonchev–Trinajstić information content (AvgIpc) is 2.00. The van der Waals surface area contributed by atoms with Gasteiger partial charge in [-0.1, -0.05) is 12.2 Å². The summed E-state index contributed by atoms with van der Waals surface area (Å²) in [5, 5.41) is 0. The van der Waals surface area contributed by atoms with Crippen LogP contribution < -0.4 is 0 Å². The van der Waals surface area contributed by atoms with E-state index < -0.39 is 21.8 Å². The fourth-order valence-electron chi connectivity index (χ4n) is 0.505. The Bertz CT molecular complexity index is 293. The van der Waals surface area contributed by atoms with Crippen molar-refractivity contribution in [3.05, 3.63) is 12.2 Å². The monoisotopic (exact) mass is 246 g/mol. The Morgan fingerprint density at radius 1 is 1.36 bits per heavy atom. The van der Waals surface area contributed by atoms with Gasteiger partial charge < -0.3 is 0 Å². The molecule has 14 heavy (non-hydrogen) atoms. The lowest BCUT2D eigenvalue weighted by molar-refractivity contribution is 0.273. The molecule has 0 amide bonds. The van der Waals surface area contributed by atoms with Crippen LogP contribution in [0.2, 0.25) is 0 Å². The third kappa shape index (κ3) is 11.7. The van der Waals surface area contributed by atoms with E-state index in [-0.39, 0.29) is 19.6 Å². The highest BCUT2D eigenvalue weighted by Gasteiger charge is 2.01. The Morgan fingerprint density at radius 3 is 2.50 bits per heavy atom. The van der Waals surface area contributed by atoms with E-state index in [0.717, 1.165) is 0 Å². The Labute approximate surface area is 84.2 Å². The number of hydrogen-bond donors (Lipinski definition) is 2. The van der Waals surface area contributed by atoms with Gasteiger partial charge in [-0.2, -0.15) is 12.6 Å². The van der Waals surface area contributed by atoms with Gasteiger partial charge in [-0.25, -0.2) is 4.18 Å². The molecule has 0 radical (unpaired) electrons. The van der Waals surface area contributed by atoms with Crippen LogP contribution in [0, 0.1) is 0 Å². The van der Waals surface area contributed by atoms with E-state index >= 15 is 0 Å². The van der Waals surface area contributed by atoms with Crippen molar-refractivity contribution in [1.82, 2.24) is 0 Å². The van der Waals surface area contributed by atoms with Crippen LogP contribution >= 0.6 is 0 Å². The van der Waals surface area contributed by atoms with Gasteiger partial charge in [0.1, 0.15) is 0 Å². The summed E-state index contributed by atoms with van der Waals surface area (Å²) in [4.78, 5) is 0. The third-order valence-electron chi connectivity index (χ3n) is 0.949. The highest BCUT2D eigenvalue weighted by atomic mass is 32.3. The fraction of sp³-hybridized carbons (Fsp3) is 0.600. The maximum atomic E-state index is 10.0. The van der Waals surface area contributed by atoms with E-state index in [0.29, 0.717) is 0 Å². The molecule has 0 aromatic carbocycles. The molecule has 0 aliphatic rings. The molecule has 0 rings (SSSR count). The van der Waals surface area contributed by atoms with Gasteiger partial charge in [-0.05, 0) is 6.42 Å². The fourth-order valence-corrected chi connectivity index (χ4v) is 1.01. The molecule has 0 saturated heterocycles.